The van der Waals surface area contributed by atoms with Gasteiger partial charge in [-0.2, -0.15) is 0 Å². The van der Waals surface area contributed by atoms with Crippen molar-refractivity contribution in [2.45, 2.75) is 42.5 Å². The van der Waals surface area contributed by atoms with E-state index in [0.717, 1.165) is 18.6 Å². The van der Waals surface area contributed by atoms with Gasteiger partial charge in [-0.15, -0.1) is 0 Å². The highest BCUT2D eigenvalue weighted by molar-refractivity contribution is 7.90. The summed E-state index contributed by atoms with van der Waals surface area (Å²) in [4.78, 5) is 63.7. The topological polar surface area (TPSA) is 240 Å². The number of hydrogen-bond acceptors (Lipinski definition) is 13. The second-order valence-electron chi connectivity index (χ2n) is 14.1. The van der Waals surface area contributed by atoms with E-state index in [2.05, 4.69) is 35.7 Å². The van der Waals surface area contributed by atoms with Gasteiger partial charge in [0.15, 0.2) is 9.79 Å². The van der Waals surface area contributed by atoms with Crippen molar-refractivity contribution in [1.29, 1.82) is 0 Å². The summed E-state index contributed by atoms with van der Waals surface area (Å²) < 4.78 is 64.4. The van der Waals surface area contributed by atoms with E-state index in [1.807, 2.05) is 14.3 Å². The third kappa shape index (κ3) is 9.06. The Labute approximate surface area is 345 Å². The van der Waals surface area contributed by atoms with Crippen LogP contribution >= 0.6 is 11.6 Å². The quantitative estimate of drug-likeness (QED) is 0.142. The molecule has 4 N–H and O–H groups in total. The van der Waals surface area contributed by atoms with Crippen LogP contribution < -0.4 is 34.9 Å². The van der Waals surface area contributed by atoms with Gasteiger partial charge in [-0.05, 0) is 99.0 Å². The lowest BCUT2D eigenvalue weighted by molar-refractivity contribution is 0.0972. The van der Waals surface area contributed by atoms with E-state index >= 15 is 0 Å². The summed E-state index contributed by atoms with van der Waals surface area (Å²) in [6, 6.07) is 18.2. The molecule has 1 aliphatic heterocycles. The number of sulfonamides is 2. The number of anilines is 1. The van der Waals surface area contributed by atoms with Gasteiger partial charge in [0.25, 0.3) is 43.0 Å². The molecule has 17 nitrogen and oxygen atoms in total. The third-order valence-electron chi connectivity index (χ3n) is 9.39. The molecule has 0 spiro atoms. The fourth-order valence-corrected chi connectivity index (χ4v) is 9.00. The fraction of sp³-hybridized carbons (Fsp3) is 0.231. The van der Waals surface area contributed by atoms with Crippen molar-refractivity contribution in [3.63, 3.8) is 0 Å². The summed E-state index contributed by atoms with van der Waals surface area (Å²) in [5.74, 6) is 0.0299. The summed E-state index contributed by atoms with van der Waals surface area (Å²) in [6.45, 7) is 6.93. The Morgan fingerprint density at radius 2 is 1.25 bits per heavy atom. The lowest BCUT2D eigenvalue weighted by Gasteiger charge is -2.34. The maximum atomic E-state index is 13.3. The van der Waals surface area contributed by atoms with Crippen LogP contribution in [0.5, 0.6) is 11.5 Å². The number of nitrogens with zero attached hydrogens (tertiary/aromatic N) is 3. The number of carbonyl (C=O) groups is 2. The lowest BCUT2D eigenvalue weighted by Crippen LogP contribution is -2.41. The second kappa shape index (κ2) is 16.5. The Hall–Kier alpha value is -6.31. The number of fused-ring (bicyclic) bond motifs is 2. The standard InChI is InChI=1S/C23H26N4O5S.C16H12ClN3O5S.2H2/c1-14-12-23(2,3)27(13-14)20-17(11-15-10-16(32-4)7-8-18(15)25-20)21(28)26-33(30,31)19-6-5-9-24-22(19)29;1-25-10-4-5-12-9(7-10)8-11(14(17)19-12)15(21)20-26(23,24)13-3-2-6-18-16(13)22;;/h5-11,14H,12-13H2,1-4H3,(H,24,29)(H,26,28);2-8H,1H3,(H,18,22)(H,20,21);2*1H/t14-;;;/m0.../s1. The zero-order valence-corrected chi connectivity index (χ0v) is 34.6. The van der Waals surface area contributed by atoms with Crippen LogP contribution in [0.4, 0.5) is 5.82 Å². The number of benzene rings is 2. The molecule has 2 amide bonds. The van der Waals surface area contributed by atoms with Gasteiger partial charge in [-0.25, -0.2) is 36.2 Å². The van der Waals surface area contributed by atoms with Crippen LogP contribution in [0, 0.1) is 5.92 Å². The van der Waals surface area contributed by atoms with Crippen molar-refractivity contribution >= 4 is 71.1 Å². The molecule has 0 saturated carbocycles. The third-order valence-corrected chi connectivity index (χ3v) is 12.4. The minimum Gasteiger partial charge on any atom is -0.497 e. The Morgan fingerprint density at radius 1 is 0.780 bits per heavy atom. The number of methoxy groups -OCH3 is 2. The van der Waals surface area contributed by atoms with Gasteiger partial charge in [0.2, 0.25) is 0 Å². The van der Waals surface area contributed by atoms with Crippen molar-refractivity contribution < 1.29 is 38.8 Å². The largest absolute Gasteiger partial charge is 0.497 e. The molecule has 0 aliphatic carbocycles. The van der Waals surface area contributed by atoms with E-state index in [9.17, 15) is 36.0 Å². The molecular weight excluding hydrogens is 826 g/mol. The molecule has 0 bridgehead atoms. The van der Waals surface area contributed by atoms with Gasteiger partial charge in [0.05, 0.1) is 36.4 Å². The molecule has 312 valence electrons. The van der Waals surface area contributed by atoms with Gasteiger partial charge in [0, 0.05) is 38.1 Å². The molecule has 59 heavy (non-hydrogen) atoms. The van der Waals surface area contributed by atoms with Crippen LogP contribution in [0.3, 0.4) is 0 Å². The molecule has 2 aromatic carbocycles. The maximum Gasteiger partial charge on any atom is 0.269 e. The Kier molecular flexibility index (Phi) is 11.8. The summed E-state index contributed by atoms with van der Waals surface area (Å²) in [7, 11) is -5.75. The van der Waals surface area contributed by atoms with Crippen molar-refractivity contribution in [3.8, 4) is 11.5 Å². The van der Waals surface area contributed by atoms with Crippen LogP contribution in [-0.2, 0) is 20.0 Å². The highest BCUT2D eigenvalue weighted by Gasteiger charge is 2.39. The average molecular weight is 868 g/mol. The van der Waals surface area contributed by atoms with Gasteiger partial charge in [-0.3, -0.25) is 19.2 Å². The zero-order chi connectivity index (χ0) is 42.9. The Bertz CT molecular complexity index is 2990. The Balaban J connectivity index is 0.000000267. The van der Waals surface area contributed by atoms with Crippen molar-refractivity contribution in [3.05, 3.63) is 122 Å². The fourth-order valence-electron chi connectivity index (χ4n) is 6.72. The van der Waals surface area contributed by atoms with Crippen molar-refractivity contribution in [2.75, 3.05) is 25.7 Å². The molecule has 1 fully saturated rings. The van der Waals surface area contributed by atoms with E-state index < -0.39 is 52.8 Å². The first kappa shape index (κ1) is 42.3. The second-order valence-corrected chi connectivity index (χ2v) is 17.8. The summed E-state index contributed by atoms with van der Waals surface area (Å²) in [5.41, 5.74) is -0.821. The lowest BCUT2D eigenvalue weighted by atomic mass is 9.97. The minimum atomic E-state index is -4.40. The number of ether oxygens (including phenoxy) is 2. The minimum absolute atomic E-state index is 0. The number of rotatable bonds is 9. The molecule has 1 aliphatic rings. The van der Waals surface area contributed by atoms with Gasteiger partial charge in [-0.1, -0.05) is 18.5 Å². The normalized spacial score (nSPS) is 14.9. The molecular formula is C39H42ClN7O10S2. The number of nitrogens with one attached hydrogen (secondary N) is 4. The van der Waals surface area contributed by atoms with Crippen molar-refractivity contribution in [2.24, 2.45) is 5.92 Å². The van der Waals surface area contributed by atoms with Gasteiger partial charge < -0.3 is 24.3 Å². The number of pyridine rings is 4. The monoisotopic (exact) mass is 867 g/mol. The summed E-state index contributed by atoms with van der Waals surface area (Å²) >= 11 is 6.01. The Morgan fingerprint density at radius 3 is 1.71 bits per heavy atom. The predicted molar refractivity (Wildman–Crippen MR) is 224 cm³/mol. The maximum absolute atomic E-state index is 13.3. The molecule has 5 heterocycles. The number of carbonyl (C=O) groups excluding carboxylic acids is 2. The highest BCUT2D eigenvalue weighted by Crippen LogP contribution is 2.38. The number of H-pyrrole nitrogens is 2. The number of aromatic nitrogens is 4. The van der Waals surface area contributed by atoms with Crippen LogP contribution in [0.1, 0.15) is 50.8 Å². The van der Waals surface area contributed by atoms with Gasteiger partial charge in [0.1, 0.15) is 22.5 Å². The molecule has 4 aromatic heterocycles. The van der Waals surface area contributed by atoms with Gasteiger partial charge >= 0.3 is 0 Å². The van der Waals surface area contributed by atoms with Crippen LogP contribution in [0.15, 0.2) is 105 Å². The SMILES string of the molecule is COc1ccc2nc(Cl)c(C(=O)NS(=O)(=O)c3ccc[nH]c3=O)cc2c1.COc1ccc2nc(N3C[C@@H](C)CC3(C)C)c(C(=O)NS(=O)(=O)c3ccc[nH]c3=O)cc2c1.[HH].[HH]. The number of amides is 2. The average Bonchev–Trinajstić information content (AvgIpc) is 3.47. The molecule has 0 unspecified atom stereocenters. The molecule has 6 aromatic rings. The van der Waals surface area contributed by atoms with E-state index in [0.29, 0.717) is 51.6 Å². The van der Waals surface area contributed by atoms with E-state index in [4.69, 9.17) is 26.1 Å². The molecule has 1 atom stereocenters. The van der Waals surface area contributed by atoms with Crippen LogP contribution in [0.2, 0.25) is 5.15 Å². The zero-order valence-electron chi connectivity index (χ0n) is 32.2. The van der Waals surface area contributed by atoms with Crippen LogP contribution in [-0.4, -0.2) is 74.9 Å². The smallest absolute Gasteiger partial charge is 0.269 e. The van der Waals surface area contributed by atoms with E-state index in [1.54, 1.807) is 42.5 Å². The molecule has 7 rings (SSSR count). The molecule has 0 radical (unpaired) electrons. The summed E-state index contributed by atoms with van der Waals surface area (Å²) in [5, 5.41) is 0.995. The molecule has 20 heteroatoms. The molecule has 1 saturated heterocycles. The first-order valence-corrected chi connectivity index (χ1v) is 21.1. The highest BCUT2D eigenvalue weighted by atomic mass is 35.5. The van der Waals surface area contributed by atoms with Crippen LogP contribution in [0.25, 0.3) is 21.8 Å². The van der Waals surface area contributed by atoms with E-state index in [-0.39, 0.29) is 24.7 Å². The van der Waals surface area contributed by atoms with E-state index in [1.165, 1.54) is 44.8 Å². The van der Waals surface area contributed by atoms with Crippen molar-refractivity contribution in [1.82, 2.24) is 29.4 Å². The number of hydrogen-bond donors (Lipinski definition) is 4. The first-order valence-electron chi connectivity index (χ1n) is 17.7. The first-order chi connectivity index (χ1) is 27.8. The number of aromatic amines is 2. The summed E-state index contributed by atoms with van der Waals surface area (Å²) in [6.07, 6.45) is 3.49. The number of halogens is 1. The predicted octanol–water partition coefficient (Wildman–Crippen LogP) is 4.87.